The molecule has 7 heteroatoms. The van der Waals surface area contributed by atoms with Crippen molar-refractivity contribution in [2.24, 2.45) is 5.92 Å². The molecule has 1 unspecified atom stereocenters. The second-order valence-corrected chi connectivity index (χ2v) is 4.50. The van der Waals surface area contributed by atoms with Crippen LogP contribution in [0.25, 0.3) is 5.69 Å². The Morgan fingerprint density at radius 1 is 1.45 bits per heavy atom. The van der Waals surface area contributed by atoms with Gasteiger partial charge in [-0.2, -0.15) is 0 Å². The van der Waals surface area contributed by atoms with E-state index in [1.165, 1.54) is 11.0 Å². The first-order valence-electron chi connectivity index (χ1n) is 6.55. The number of hydrogen-bond donors (Lipinski definition) is 2. The Bertz CT molecular complexity index is 554. The minimum atomic E-state index is -0.0911. The van der Waals surface area contributed by atoms with E-state index in [0.29, 0.717) is 6.54 Å². The molecule has 106 valence electrons. The molecular formula is C13H18N6O. The summed E-state index contributed by atoms with van der Waals surface area (Å²) in [6.45, 7) is 5.42. The largest absolute Gasteiger partial charge is 0.326 e. The lowest BCUT2D eigenvalue weighted by molar-refractivity contribution is -0.119. The maximum absolute atomic E-state index is 12.0. The zero-order valence-corrected chi connectivity index (χ0v) is 11.6. The van der Waals surface area contributed by atoms with Crippen molar-refractivity contribution >= 4 is 11.6 Å². The van der Waals surface area contributed by atoms with E-state index in [2.05, 4.69) is 26.2 Å². The van der Waals surface area contributed by atoms with E-state index in [9.17, 15) is 4.79 Å². The highest BCUT2D eigenvalue weighted by atomic mass is 16.1. The maximum Gasteiger partial charge on any atom is 0.228 e. The van der Waals surface area contributed by atoms with Gasteiger partial charge in [0.05, 0.1) is 5.69 Å². The summed E-state index contributed by atoms with van der Waals surface area (Å²) in [4.78, 5) is 12.0. The van der Waals surface area contributed by atoms with Gasteiger partial charge in [-0.3, -0.25) is 4.79 Å². The van der Waals surface area contributed by atoms with Crippen molar-refractivity contribution in [2.75, 3.05) is 18.4 Å². The molecule has 1 aromatic heterocycles. The van der Waals surface area contributed by atoms with Crippen LogP contribution < -0.4 is 10.6 Å². The number of anilines is 1. The lowest BCUT2D eigenvalue weighted by atomic mass is 10.1. The van der Waals surface area contributed by atoms with Gasteiger partial charge in [-0.05, 0) is 35.2 Å². The van der Waals surface area contributed by atoms with Crippen molar-refractivity contribution in [3.8, 4) is 5.69 Å². The van der Waals surface area contributed by atoms with Crippen molar-refractivity contribution in [2.45, 2.75) is 13.8 Å². The summed E-state index contributed by atoms with van der Waals surface area (Å²) in [5.74, 6) is -0.105. The average molecular weight is 274 g/mol. The van der Waals surface area contributed by atoms with Crippen LogP contribution in [0.5, 0.6) is 0 Å². The second-order valence-electron chi connectivity index (χ2n) is 4.50. The minimum absolute atomic E-state index is 0.0141. The molecule has 2 N–H and O–H groups in total. The van der Waals surface area contributed by atoms with Gasteiger partial charge in [-0.15, -0.1) is 5.10 Å². The summed E-state index contributed by atoms with van der Waals surface area (Å²) in [5.41, 5.74) is 1.53. The normalized spacial score (nSPS) is 12.1. The van der Waals surface area contributed by atoms with Crippen molar-refractivity contribution in [3.05, 3.63) is 30.6 Å². The molecule has 0 fully saturated rings. The van der Waals surface area contributed by atoms with Crippen molar-refractivity contribution in [1.82, 2.24) is 25.5 Å². The molecule has 1 heterocycles. The zero-order chi connectivity index (χ0) is 14.4. The van der Waals surface area contributed by atoms with Crippen LogP contribution in [0, 0.1) is 5.92 Å². The van der Waals surface area contributed by atoms with E-state index < -0.39 is 0 Å². The van der Waals surface area contributed by atoms with Crippen LogP contribution in [-0.2, 0) is 4.79 Å². The first kappa shape index (κ1) is 14.1. The Morgan fingerprint density at radius 3 is 3.00 bits per heavy atom. The van der Waals surface area contributed by atoms with Gasteiger partial charge in [0.1, 0.15) is 6.33 Å². The second kappa shape index (κ2) is 6.76. The number of carbonyl (C=O) groups excluding carboxylic acids is 1. The molecule has 0 saturated carbocycles. The molecule has 0 aliphatic carbocycles. The summed E-state index contributed by atoms with van der Waals surface area (Å²) < 4.78 is 1.54. The van der Waals surface area contributed by atoms with Crippen molar-refractivity contribution in [1.29, 1.82) is 0 Å². The average Bonchev–Trinajstić information content (AvgIpc) is 2.99. The fourth-order valence-corrected chi connectivity index (χ4v) is 1.72. The minimum Gasteiger partial charge on any atom is -0.326 e. The van der Waals surface area contributed by atoms with Crippen LogP contribution >= 0.6 is 0 Å². The monoisotopic (exact) mass is 274 g/mol. The molecule has 2 aromatic rings. The van der Waals surface area contributed by atoms with Gasteiger partial charge < -0.3 is 10.6 Å². The molecule has 20 heavy (non-hydrogen) atoms. The van der Waals surface area contributed by atoms with Crippen LogP contribution in [0.4, 0.5) is 5.69 Å². The third-order valence-electron chi connectivity index (χ3n) is 2.88. The Balaban J connectivity index is 2.03. The molecule has 2 rings (SSSR count). The van der Waals surface area contributed by atoms with E-state index in [4.69, 9.17) is 0 Å². The predicted molar refractivity (Wildman–Crippen MR) is 75.5 cm³/mol. The molecular weight excluding hydrogens is 256 g/mol. The fraction of sp³-hybridized carbons (Fsp3) is 0.385. The highest BCUT2D eigenvalue weighted by molar-refractivity contribution is 5.92. The number of benzene rings is 1. The highest BCUT2D eigenvalue weighted by Gasteiger charge is 2.12. The fourth-order valence-electron chi connectivity index (χ4n) is 1.72. The van der Waals surface area contributed by atoms with Crippen LogP contribution in [0.3, 0.4) is 0 Å². The van der Waals surface area contributed by atoms with Gasteiger partial charge in [-0.1, -0.05) is 19.9 Å². The smallest absolute Gasteiger partial charge is 0.228 e. The first-order chi connectivity index (χ1) is 9.70. The maximum atomic E-state index is 12.0. The number of nitrogens with one attached hydrogen (secondary N) is 2. The molecule has 1 aromatic carbocycles. The molecule has 1 amide bonds. The van der Waals surface area contributed by atoms with E-state index >= 15 is 0 Å². The molecule has 7 nitrogen and oxygen atoms in total. The standard InChI is InChI=1S/C13H18N6O/c1-3-14-8-10(2)13(20)16-11-5-4-6-12(7-11)19-9-15-17-18-19/h4-7,9-10,14H,3,8H2,1-2H3,(H,16,20). The quantitative estimate of drug-likeness (QED) is 0.815. The van der Waals surface area contributed by atoms with Gasteiger partial charge in [-0.25, -0.2) is 4.68 Å². The molecule has 0 aliphatic heterocycles. The molecule has 0 spiro atoms. The summed E-state index contributed by atoms with van der Waals surface area (Å²) in [5, 5.41) is 17.0. The summed E-state index contributed by atoms with van der Waals surface area (Å²) >= 11 is 0. The van der Waals surface area contributed by atoms with Crippen LogP contribution in [-0.4, -0.2) is 39.2 Å². The van der Waals surface area contributed by atoms with Gasteiger partial charge in [0.15, 0.2) is 0 Å². The number of tetrazole rings is 1. The number of aromatic nitrogens is 4. The number of nitrogens with zero attached hydrogens (tertiary/aromatic N) is 4. The molecule has 0 bridgehead atoms. The number of carbonyl (C=O) groups is 1. The van der Waals surface area contributed by atoms with Crippen LogP contribution in [0.1, 0.15) is 13.8 Å². The van der Waals surface area contributed by atoms with Gasteiger partial charge in [0, 0.05) is 18.2 Å². The highest BCUT2D eigenvalue weighted by Crippen LogP contribution is 2.14. The van der Waals surface area contributed by atoms with Crippen molar-refractivity contribution in [3.63, 3.8) is 0 Å². The van der Waals surface area contributed by atoms with Crippen molar-refractivity contribution < 1.29 is 4.79 Å². The predicted octanol–water partition coefficient (Wildman–Crippen LogP) is 0.846. The summed E-state index contributed by atoms with van der Waals surface area (Å²) in [6, 6.07) is 7.38. The molecule has 1 atom stereocenters. The van der Waals surface area contributed by atoms with Crippen LogP contribution in [0.15, 0.2) is 30.6 Å². The third kappa shape index (κ3) is 3.61. The number of hydrogen-bond acceptors (Lipinski definition) is 5. The summed E-state index contributed by atoms with van der Waals surface area (Å²) in [6.07, 6.45) is 1.51. The van der Waals surface area contributed by atoms with E-state index in [0.717, 1.165) is 17.9 Å². The molecule has 0 radical (unpaired) electrons. The lowest BCUT2D eigenvalue weighted by Crippen LogP contribution is -2.30. The van der Waals surface area contributed by atoms with E-state index in [1.54, 1.807) is 0 Å². The number of rotatable bonds is 6. The Hall–Kier alpha value is -2.28. The van der Waals surface area contributed by atoms with E-state index in [1.807, 2.05) is 38.1 Å². The van der Waals surface area contributed by atoms with Crippen LogP contribution in [0.2, 0.25) is 0 Å². The number of amides is 1. The SMILES string of the molecule is CCNCC(C)C(=O)Nc1cccc(-n2cnnn2)c1. The van der Waals surface area contributed by atoms with Gasteiger partial charge in [0.25, 0.3) is 0 Å². The Kier molecular flexibility index (Phi) is 4.78. The Labute approximate surface area is 117 Å². The zero-order valence-electron chi connectivity index (χ0n) is 11.6. The Morgan fingerprint density at radius 2 is 2.30 bits per heavy atom. The first-order valence-corrected chi connectivity index (χ1v) is 6.55. The van der Waals surface area contributed by atoms with Gasteiger partial charge in [0.2, 0.25) is 5.91 Å². The van der Waals surface area contributed by atoms with Gasteiger partial charge >= 0.3 is 0 Å². The lowest BCUT2D eigenvalue weighted by Gasteiger charge is -2.13. The third-order valence-corrected chi connectivity index (χ3v) is 2.88. The summed E-state index contributed by atoms with van der Waals surface area (Å²) in [7, 11) is 0. The topological polar surface area (TPSA) is 84.7 Å². The molecule has 0 aliphatic rings. The van der Waals surface area contributed by atoms with E-state index in [-0.39, 0.29) is 11.8 Å². The molecule has 0 saturated heterocycles.